The summed E-state index contributed by atoms with van der Waals surface area (Å²) >= 11 is 0. The number of carbonyl (C=O) groups is 1. The fourth-order valence-corrected chi connectivity index (χ4v) is 1.01. The van der Waals surface area contributed by atoms with Gasteiger partial charge < -0.3 is 14.7 Å². The van der Waals surface area contributed by atoms with Gasteiger partial charge in [-0.15, -0.1) is 0 Å². The second-order valence-corrected chi connectivity index (χ2v) is 4.21. The Balaban J connectivity index is 2.66. The molecule has 0 fully saturated rings. The number of carbonyl (C=O) groups excluding carboxylic acids is 1. The van der Waals surface area contributed by atoms with Crippen molar-refractivity contribution in [2.24, 2.45) is 0 Å². The van der Waals surface area contributed by atoms with Gasteiger partial charge in [0.2, 0.25) is 0 Å². The number of rotatable bonds is 3. The van der Waals surface area contributed by atoms with Crippen LogP contribution in [0.1, 0.15) is 13.8 Å². The molecule has 0 radical (unpaired) electrons. The first-order valence-electron chi connectivity index (χ1n) is 5.09. The molecule has 0 aliphatic rings. The van der Waals surface area contributed by atoms with Crippen LogP contribution in [0.25, 0.3) is 0 Å². The first kappa shape index (κ1) is 12.5. The van der Waals surface area contributed by atoms with E-state index < -0.39 is 11.6 Å². The summed E-state index contributed by atoms with van der Waals surface area (Å²) in [6.45, 7) is 3.41. The molecular formula is C12H17NO3. The largest absolute Gasteiger partial charge is 0.415 e. The highest BCUT2D eigenvalue weighted by atomic mass is 16.6. The Labute approximate surface area is 95.5 Å². The Morgan fingerprint density at radius 2 is 1.94 bits per heavy atom. The number of nitrogens with zero attached hydrogens (tertiary/aromatic N) is 1. The lowest BCUT2D eigenvalue weighted by Crippen LogP contribution is -2.48. The van der Waals surface area contributed by atoms with E-state index in [2.05, 4.69) is 0 Å². The third kappa shape index (κ3) is 2.97. The average Bonchev–Trinajstić information content (AvgIpc) is 2.29. The maximum absolute atomic E-state index is 11.7. The summed E-state index contributed by atoms with van der Waals surface area (Å²) in [6, 6.07) is 8.84. The van der Waals surface area contributed by atoms with E-state index in [0.29, 0.717) is 5.75 Å². The number of likely N-dealkylation sites (N-methyl/N-ethyl adjacent to an activating group) is 1. The third-order valence-electron chi connectivity index (χ3n) is 2.52. The van der Waals surface area contributed by atoms with Crippen molar-refractivity contribution < 1.29 is 14.6 Å². The standard InChI is InChI=1S/C12H17NO3/c1-12(2,9-14)13(3)11(15)16-10-7-5-4-6-8-10/h4-8,14H,9H2,1-3H3. The number of hydrogen-bond acceptors (Lipinski definition) is 3. The van der Waals surface area contributed by atoms with Gasteiger partial charge in [0.1, 0.15) is 5.75 Å². The predicted octanol–water partition coefficient (Wildman–Crippen LogP) is 1.89. The monoisotopic (exact) mass is 223 g/mol. The number of amides is 1. The van der Waals surface area contributed by atoms with Gasteiger partial charge in [0.05, 0.1) is 12.1 Å². The molecular weight excluding hydrogens is 206 g/mol. The molecule has 0 bridgehead atoms. The van der Waals surface area contributed by atoms with E-state index in [9.17, 15) is 4.79 Å². The van der Waals surface area contributed by atoms with Crippen molar-refractivity contribution in [2.45, 2.75) is 19.4 Å². The van der Waals surface area contributed by atoms with Crippen molar-refractivity contribution in [3.63, 3.8) is 0 Å². The third-order valence-corrected chi connectivity index (χ3v) is 2.52. The first-order valence-corrected chi connectivity index (χ1v) is 5.09. The van der Waals surface area contributed by atoms with E-state index in [1.165, 1.54) is 4.90 Å². The summed E-state index contributed by atoms with van der Waals surface area (Å²) < 4.78 is 5.14. The Hall–Kier alpha value is -1.55. The van der Waals surface area contributed by atoms with Gasteiger partial charge in [-0.25, -0.2) is 4.79 Å². The van der Waals surface area contributed by atoms with E-state index in [4.69, 9.17) is 9.84 Å². The summed E-state index contributed by atoms with van der Waals surface area (Å²) in [4.78, 5) is 13.1. The van der Waals surface area contributed by atoms with Crippen LogP contribution in [0.3, 0.4) is 0 Å². The molecule has 0 aliphatic heterocycles. The molecule has 0 aliphatic carbocycles. The first-order chi connectivity index (χ1) is 7.47. The lowest BCUT2D eigenvalue weighted by molar-refractivity contribution is 0.0751. The fraction of sp³-hybridized carbons (Fsp3) is 0.417. The Bertz CT molecular complexity index is 349. The maximum Gasteiger partial charge on any atom is 0.415 e. The molecule has 0 spiro atoms. The number of para-hydroxylation sites is 1. The molecule has 88 valence electrons. The zero-order chi connectivity index (χ0) is 12.2. The molecule has 1 rings (SSSR count). The summed E-state index contributed by atoms with van der Waals surface area (Å²) in [6.07, 6.45) is -0.481. The SMILES string of the molecule is CN(C(=O)Oc1ccccc1)C(C)(C)CO. The van der Waals surface area contributed by atoms with Crippen molar-refractivity contribution in [3.8, 4) is 5.75 Å². The highest BCUT2D eigenvalue weighted by molar-refractivity contribution is 5.71. The number of aliphatic hydroxyl groups is 1. The van der Waals surface area contributed by atoms with Crippen LogP contribution in [0.5, 0.6) is 5.75 Å². The molecule has 0 unspecified atom stereocenters. The van der Waals surface area contributed by atoms with Crippen LogP contribution in [0, 0.1) is 0 Å². The normalized spacial score (nSPS) is 11.0. The summed E-state index contributed by atoms with van der Waals surface area (Å²) in [5.74, 6) is 0.494. The zero-order valence-corrected chi connectivity index (χ0v) is 9.80. The van der Waals surface area contributed by atoms with Crippen LogP contribution in [-0.2, 0) is 0 Å². The van der Waals surface area contributed by atoms with Gasteiger partial charge in [0, 0.05) is 7.05 Å². The van der Waals surface area contributed by atoms with E-state index in [1.807, 2.05) is 6.07 Å². The molecule has 0 atom stereocenters. The molecule has 1 amide bonds. The lowest BCUT2D eigenvalue weighted by atomic mass is 10.1. The predicted molar refractivity (Wildman–Crippen MR) is 61.4 cm³/mol. The van der Waals surface area contributed by atoms with Crippen molar-refractivity contribution in [3.05, 3.63) is 30.3 Å². The van der Waals surface area contributed by atoms with Crippen molar-refractivity contribution in [1.82, 2.24) is 4.90 Å². The van der Waals surface area contributed by atoms with E-state index >= 15 is 0 Å². The summed E-state index contributed by atoms with van der Waals surface area (Å²) in [7, 11) is 1.60. The molecule has 4 heteroatoms. The Morgan fingerprint density at radius 1 is 1.38 bits per heavy atom. The van der Waals surface area contributed by atoms with Crippen LogP contribution in [0.15, 0.2) is 30.3 Å². The van der Waals surface area contributed by atoms with Crippen molar-refractivity contribution in [1.29, 1.82) is 0 Å². The van der Waals surface area contributed by atoms with Crippen LogP contribution >= 0.6 is 0 Å². The number of ether oxygens (including phenoxy) is 1. The van der Waals surface area contributed by atoms with Crippen molar-refractivity contribution in [2.75, 3.05) is 13.7 Å². The second kappa shape index (κ2) is 4.99. The summed E-state index contributed by atoms with van der Waals surface area (Å²) in [5, 5.41) is 9.13. The number of benzene rings is 1. The molecule has 1 aromatic carbocycles. The molecule has 4 nitrogen and oxygen atoms in total. The van der Waals surface area contributed by atoms with Crippen molar-refractivity contribution >= 4 is 6.09 Å². The molecule has 16 heavy (non-hydrogen) atoms. The van der Waals surface area contributed by atoms with Crippen LogP contribution in [0.2, 0.25) is 0 Å². The fourth-order valence-electron chi connectivity index (χ4n) is 1.01. The minimum absolute atomic E-state index is 0.118. The van der Waals surface area contributed by atoms with Gasteiger partial charge >= 0.3 is 6.09 Å². The van der Waals surface area contributed by atoms with E-state index in [1.54, 1.807) is 45.2 Å². The molecule has 0 saturated carbocycles. The number of aliphatic hydroxyl groups excluding tert-OH is 1. The van der Waals surface area contributed by atoms with Gasteiger partial charge in [-0.2, -0.15) is 0 Å². The molecule has 0 heterocycles. The van der Waals surface area contributed by atoms with E-state index in [0.717, 1.165) is 0 Å². The van der Waals surface area contributed by atoms with Gasteiger partial charge in [0.25, 0.3) is 0 Å². The molecule has 1 aromatic rings. The Kier molecular flexibility index (Phi) is 3.90. The smallest absolute Gasteiger partial charge is 0.410 e. The molecule has 0 saturated heterocycles. The highest BCUT2D eigenvalue weighted by Crippen LogP contribution is 2.15. The van der Waals surface area contributed by atoms with Gasteiger partial charge in [0.15, 0.2) is 0 Å². The van der Waals surface area contributed by atoms with Gasteiger partial charge in [-0.1, -0.05) is 18.2 Å². The molecule has 0 aromatic heterocycles. The molecule has 1 N–H and O–H groups in total. The topological polar surface area (TPSA) is 49.8 Å². The minimum Gasteiger partial charge on any atom is -0.410 e. The lowest BCUT2D eigenvalue weighted by Gasteiger charge is -2.32. The summed E-state index contributed by atoms with van der Waals surface area (Å²) in [5.41, 5.74) is -0.633. The van der Waals surface area contributed by atoms with Gasteiger partial charge in [-0.05, 0) is 26.0 Å². The van der Waals surface area contributed by atoms with Crippen LogP contribution in [-0.4, -0.2) is 35.3 Å². The highest BCUT2D eigenvalue weighted by Gasteiger charge is 2.28. The van der Waals surface area contributed by atoms with Gasteiger partial charge in [-0.3, -0.25) is 0 Å². The number of hydrogen-bond donors (Lipinski definition) is 1. The second-order valence-electron chi connectivity index (χ2n) is 4.21. The van der Waals surface area contributed by atoms with Crippen LogP contribution in [0.4, 0.5) is 4.79 Å². The Morgan fingerprint density at radius 3 is 2.44 bits per heavy atom. The minimum atomic E-state index is -0.633. The quantitative estimate of drug-likeness (QED) is 0.851. The zero-order valence-electron chi connectivity index (χ0n) is 9.80. The maximum atomic E-state index is 11.7. The average molecular weight is 223 g/mol. The van der Waals surface area contributed by atoms with Crippen LogP contribution < -0.4 is 4.74 Å². The van der Waals surface area contributed by atoms with E-state index in [-0.39, 0.29) is 6.61 Å².